The minimum absolute atomic E-state index is 0.0654. The van der Waals surface area contributed by atoms with E-state index < -0.39 is 6.10 Å². The molecule has 2 unspecified atom stereocenters. The van der Waals surface area contributed by atoms with Gasteiger partial charge in [0.15, 0.2) is 6.10 Å². The van der Waals surface area contributed by atoms with E-state index in [0.29, 0.717) is 12.3 Å². The molecule has 2 atom stereocenters. The highest BCUT2D eigenvalue weighted by molar-refractivity contribution is 5.81. The van der Waals surface area contributed by atoms with E-state index in [-0.39, 0.29) is 17.4 Å². The molecular weight excluding hydrogens is 374 g/mol. The number of nitrogens with one attached hydrogen (secondary N) is 1. The van der Waals surface area contributed by atoms with Gasteiger partial charge in [0, 0.05) is 0 Å². The zero-order valence-electron chi connectivity index (χ0n) is 19.5. The van der Waals surface area contributed by atoms with Gasteiger partial charge in [-0.1, -0.05) is 65.8 Å². The average molecular weight is 412 g/mol. The monoisotopic (exact) mass is 411 g/mol. The SMILES string of the molecule is CCC(Oc1ccc(C(C)(C)C)cc1)C(=O)NC(CC(C)C)c1ccc(OC)cc1. The molecule has 0 saturated heterocycles. The van der Waals surface area contributed by atoms with Crippen LogP contribution in [0.15, 0.2) is 48.5 Å². The zero-order chi connectivity index (χ0) is 22.3. The summed E-state index contributed by atoms with van der Waals surface area (Å²) >= 11 is 0. The van der Waals surface area contributed by atoms with Gasteiger partial charge in [-0.2, -0.15) is 0 Å². The molecule has 0 aliphatic carbocycles. The predicted molar refractivity (Wildman–Crippen MR) is 123 cm³/mol. The Balaban J connectivity index is 2.11. The lowest BCUT2D eigenvalue weighted by Gasteiger charge is -2.25. The van der Waals surface area contributed by atoms with Crippen molar-refractivity contribution >= 4 is 5.91 Å². The van der Waals surface area contributed by atoms with Crippen LogP contribution in [0.2, 0.25) is 0 Å². The smallest absolute Gasteiger partial charge is 0.261 e. The molecule has 0 aliphatic heterocycles. The number of benzene rings is 2. The fraction of sp³-hybridized carbons (Fsp3) is 0.500. The van der Waals surface area contributed by atoms with Gasteiger partial charge >= 0.3 is 0 Å². The van der Waals surface area contributed by atoms with Crippen LogP contribution in [0.1, 0.15) is 71.6 Å². The second-order valence-electron chi connectivity index (χ2n) is 9.25. The van der Waals surface area contributed by atoms with E-state index in [2.05, 4.69) is 52.1 Å². The molecule has 1 amide bonds. The molecule has 1 N–H and O–H groups in total. The van der Waals surface area contributed by atoms with E-state index in [1.54, 1.807) is 7.11 Å². The van der Waals surface area contributed by atoms with Crippen molar-refractivity contribution in [1.82, 2.24) is 5.32 Å². The largest absolute Gasteiger partial charge is 0.497 e. The number of hydrogen-bond acceptors (Lipinski definition) is 3. The maximum atomic E-state index is 13.0. The van der Waals surface area contributed by atoms with Crippen molar-refractivity contribution in [2.45, 2.75) is 71.9 Å². The number of ether oxygens (including phenoxy) is 2. The number of carbonyl (C=O) groups excluding carboxylic acids is 1. The lowest BCUT2D eigenvalue weighted by molar-refractivity contribution is -0.129. The van der Waals surface area contributed by atoms with Crippen LogP contribution in [-0.2, 0) is 10.2 Å². The first-order valence-electron chi connectivity index (χ1n) is 10.9. The summed E-state index contributed by atoms with van der Waals surface area (Å²) in [7, 11) is 1.65. The molecule has 2 rings (SSSR count). The van der Waals surface area contributed by atoms with E-state index in [1.807, 2.05) is 43.3 Å². The normalized spacial score (nSPS) is 13.6. The third-order valence-electron chi connectivity index (χ3n) is 5.20. The van der Waals surface area contributed by atoms with Gasteiger partial charge < -0.3 is 14.8 Å². The van der Waals surface area contributed by atoms with Crippen molar-refractivity contribution in [3.63, 3.8) is 0 Å². The molecule has 2 aromatic rings. The highest BCUT2D eigenvalue weighted by Gasteiger charge is 2.24. The Bertz CT molecular complexity index is 789. The maximum absolute atomic E-state index is 13.0. The predicted octanol–water partition coefficient (Wildman–Crippen LogP) is 6.05. The van der Waals surface area contributed by atoms with Crippen molar-refractivity contribution in [3.8, 4) is 11.5 Å². The fourth-order valence-corrected chi connectivity index (χ4v) is 3.37. The quantitative estimate of drug-likeness (QED) is 0.546. The zero-order valence-corrected chi connectivity index (χ0v) is 19.5. The Morgan fingerprint density at radius 2 is 1.53 bits per heavy atom. The highest BCUT2D eigenvalue weighted by atomic mass is 16.5. The maximum Gasteiger partial charge on any atom is 0.261 e. The lowest BCUT2D eigenvalue weighted by Crippen LogP contribution is -2.40. The van der Waals surface area contributed by atoms with Crippen LogP contribution < -0.4 is 14.8 Å². The summed E-state index contributed by atoms with van der Waals surface area (Å²) in [6.45, 7) is 12.8. The minimum Gasteiger partial charge on any atom is -0.497 e. The third kappa shape index (κ3) is 6.79. The minimum atomic E-state index is -0.529. The van der Waals surface area contributed by atoms with Crippen LogP contribution in [0.5, 0.6) is 11.5 Å². The van der Waals surface area contributed by atoms with Crippen LogP contribution in [0.25, 0.3) is 0 Å². The molecular formula is C26H37NO3. The van der Waals surface area contributed by atoms with Gasteiger partial charge in [-0.15, -0.1) is 0 Å². The lowest BCUT2D eigenvalue weighted by atomic mass is 9.87. The average Bonchev–Trinajstić information content (AvgIpc) is 2.70. The van der Waals surface area contributed by atoms with Gasteiger partial charge in [-0.3, -0.25) is 4.79 Å². The second kappa shape index (κ2) is 10.5. The molecule has 30 heavy (non-hydrogen) atoms. The summed E-state index contributed by atoms with van der Waals surface area (Å²) < 4.78 is 11.3. The Morgan fingerprint density at radius 1 is 0.967 bits per heavy atom. The molecule has 0 heterocycles. The molecule has 0 bridgehead atoms. The van der Waals surface area contributed by atoms with Crippen LogP contribution in [0.3, 0.4) is 0 Å². The molecule has 2 aromatic carbocycles. The first kappa shape index (κ1) is 23.8. The highest BCUT2D eigenvalue weighted by Crippen LogP contribution is 2.26. The van der Waals surface area contributed by atoms with Crippen molar-refractivity contribution in [1.29, 1.82) is 0 Å². The Labute approximate surface area is 182 Å². The molecule has 0 fully saturated rings. The van der Waals surface area contributed by atoms with Gasteiger partial charge in [0.05, 0.1) is 13.2 Å². The number of amides is 1. The topological polar surface area (TPSA) is 47.6 Å². The van der Waals surface area contributed by atoms with E-state index in [1.165, 1.54) is 5.56 Å². The summed E-state index contributed by atoms with van der Waals surface area (Å²) in [6, 6.07) is 15.9. The van der Waals surface area contributed by atoms with Crippen LogP contribution in [0, 0.1) is 5.92 Å². The molecule has 0 radical (unpaired) electrons. The standard InChI is InChI=1S/C26H37NO3/c1-8-24(30-22-15-11-20(12-16-22)26(4,5)6)25(28)27-23(17-18(2)3)19-9-13-21(29-7)14-10-19/h9-16,18,23-24H,8,17H2,1-7H3,(H,27,28). The van der Waals surface area contributed by atoms with E-state index >= 15 is 0 Å². The number of rotatable bonds is 9. The number of methoxy groups -OCH3 is 1. The Hall–Kier alpha value is -2.49. The molecule has 0 aliphatic rings. The third-order valence-corrected chi connectivity index (χ3v) is 5.20. The molecule has 164 valence electrons. The van der Waals surface area contributed by atoms with Gasteiger partial charge in [-0.05, 0) is 59.6 Å². The molecule has 0 spiro atoms. The van der Waals surface area contributed by atoms with Crippen LogP contribution in [-0.4, -0.2) is 19.1 Å². The van der Waals surface area contributed by atoms with E-state index in [4.69, 9.17) is 9.47 Å². The first-order valence-corrected chi connectivity index (χ1v) is 10.9. The van der Waals surface area contributed by atoms with Crippen molar-refractivity contribution < 1.29 is 14.3 Å². The summed E-state index contributed by atoms with van der Waals surface area (Å²) in [6.07, 6.45) is 0.928. The summed E-state index contributed by atoms with van der Waals surface area (Å²) in [5.41, 5.74) is 2.40. The van der Waals surface area contributed by atoms with Crippen LogP contribution in [0.4, 0.5) is 0 Å². The molecule has 0 saturated carbocycles. The van der Waals surface area contributed by atoms with Gasteiger partial charge in [0.2, 0.25) is 0 Å². The summed E-state index contributed by atoms with van der Waals surface area (Å²) in [5, 5.41) is 3.20. The Morgan fingerprint density at radius 3 is 2.00 bits per heavy atom. The summed E-state index contributed by atoms with van der Waals surface area (Å²) in [4.78, 5) is 13.0. The Kier molecular flexibility index (Phi) is 8.33. The van der Waals surface area contributed by atoms with E-state index in [0.717, 1.165) is 23.5 Å². The first-order chi connectivity index (χ1) is 14.1. The van der Waals surface area contributed by atoms with Gasteiger partial charge in [0.1, 0.15) is 11.5 Å². The summed E-state index contributed by atoms with van der Waals surface area (Å²) in [5.74, 6) is 1.89. The van der Waals surface area contributed by atoms with Crippen molar-refractivity contribution in [2.75, 3.05) is 7.11 Å². The van der Waals surface area contributed by atoms with Crippen LogP contribution >= 0.6 is 0 Å². The van der Waals surface area contributed by atoms with Crippen molar-refractivity contribution in [2.24, 2.45) is 5.92 Å². The molecule has 4 nitrogen and oxygen atoms in total. The molecule has 0 aromatic heterocycles. The second-order valence-corrected chi connectivity index (χ2v) is 9.25. The number of hydrogen-bond donors (Lipinski definition) is 1. The van der Waals surface area contributed by atoms with Gasteiger partial charge in [0.25, 0.3) is 5.91 Å². The molecule has 4 heteroatoms. The van der Waals surface area contributed by atoms with E-state index in [9.17, 15) is 4.79 Å². The fourth-order valence-electron chi connectivity index (χ4n) is 3.37. The van der Waals surface area contributed by atoms with Gasteiger partial charge in [-0.25, -0.2) is 0 Å². The number of carbonyl (C=O) groups is 1. The van der Waals surface area contributed by atoms with Crippen molar-refractivity contribution in [3.05, 3.63) is 59.7 Å².